The van der Waals surface area contributed by atoms with Gasteiger partial charge in [-0.15, -0.1) is 0 Å². The number of nitrogens with one attached hydrogen (secondary N) is 1. The van der Waals surface area contributed by atoms with Crippen molar-refractivity contribution < 1.29 is 4.74 Å². The lowest BCUT2D eigenvalue weighted by Gasteiger charge is -2.19. The molecule has 9 aromatic rings. The van der Waals surface area contributed by atoms with Crippen LogP contribution in [0.3, 0.4) is 0 Å². The Morgan fingerprint density at radius 2 is 1.05 bits per heavy atom. The van der Waals surface area contributed by atoms with Gasteiger partial charge in [0.15, 0.2) is 0 Å². The van der Waals surface area contributed by atoms with Crippen LogP contribution in [0.25, 0.3) is 83.7 Å². The van der Waals surface area contributed by atoms with Gasteiger partial charge in [-0.25, -0.2) is 10.1 Å². The molecule has 7 aromatic carbocycles. The molecule has 2 aromatic heterocycles. The van der Waals surface area contributed by atoms with E-state index in [1.165, 1.54) is 5.56 Å². The second kappa shape index (κ2) is 16.5. The Labute approximate surface area is 356 Å². The van der Waals surface area contributed by atoms with E-state index in [4.69, 9.17) is 9.72 Å². The van der Waals surface area contributed by atoms with Crippen molar-refractivity contribution in [2.45, 2.75) is 6.92 Å². The summed E-state index contributed by atoms with van der Waals surface area (Å²) in [6.07, 6.45) is 9.87. The second-order valence-electron chi connectivity index (χ2n) is 15.2. The summed E-state index contributed by atoms with van der Waals surface area (Å²) in [7, 11) is 1.74. The van der Waals surface area contributed by atoms with Crippen LogP contribution in [0.5, 0.6) is 5.75 Å². The standard InChI is InChI=1S/C55H43N5O/c1-38-17-28-54(56-37-38)41-22-27-53(55(36-41)61-2)52-16-8-7-15-51(52)44-34-42(49-13-5-3-11-47(49)39-18-23-45(24-19-39)59-31-9-29-57-59)33-43(35-44)50-14-6-4-12-48(50)40-20-25-46(26-21-40)60-32-10-30-58-60/h3-29,31-37,58H,30H2,1-2H3. The summed E-state index contributed by atoms with van der Waals surface area (Å²) in [6.45, 7) is 2.88. The molecule has 1 aliphatic heterocycles. The van der Waals surface area contributed by atoms with Gasteiger partial charge in [-0.2, -0.15) is 5.10 Å². The lowest BCUT2D eigenvalue weighted by molar-refractivity contribution is 0.416. The molecule has 0 unspecified atom stereocenters. The van der Waals surface area contributed by atoms with Crippen LogP contribution >= 0.6 is 0 Å². The molecule has 0 bridgehead atoms. The van der Waals surface area contributed by atoms with Gasteiger partial charge in [-0.05, 0) is 140 Å². The maximum absolute atomic E-state index is 6.12. The molecule has 10 rings (SSSR count). The SMILES string of the molecule is COc1cc(-c2ccc(C)cn2)ccc1-c1ccccc1-c1cc(-c2ccccc2-c2ccc(N3C=CCN3)cc2)cc(-c2ccccc2-c2ccc(-n3cccn3)cc2)c1. The molecule has 0 saturated heterocycles. The Balaban J connectivity index is 1.13. The van der Waals surface area contributed by atoms with Crippen LogP contribution in [0.15, 0.2) is 207 Å². The van der Waals surface area contributed by atoms with Gasteiger partial charge in [-0.3, -0.25) is 9.99 Å². The van der Waals surface area contributed by atoms with Crippen molar-refractivity contribution in [1.29, 1.82) is 0 Å². The van der Waals surface area contributed by atoms with Crippen LogP contribution in [0.4, 0.5) is 5.69 Å². The van der Waals surface area contributed by atoms with E-state index in [1.807, 2.05) is 23.1 Å². The second-order valence-corrected chi connectivity index (χ2v) is 15.2. The number of aromatic nitrogens is 3. The fourth-order valence-electron chi connectivity index (χ4n) is 8.30. The molecular weight excluding hydrogens is 747 g/mol. The quantitative estimate of drug-likeness (QED) is 0.150. The van der Waals surface area contributed by atoms with Crippen molar-refractivity contribution in [1.82, 2.24) is 20.2 Å². The number of rotatable bonds is 10. The third-order valence-corrected chi connectivity index (χ3v) is 11.4. The van der Waals surface area contributed by atoms with E-state index in [2.05, 4.69) is 205 Å². The number of ether oxygens (including phenoxy) is 1. The number of hydrogen-bond donors (Lipinski definition) is 1. The lowest BCUT2D eigenvalue weighted by atomic mass is 9.86. The minimum Gasteiger partial charge on any atom is -0.496 e. The number of aryl methyl sites for hydroxylation is 1. The summed E-state index contributed by atoms with van der Waals surface area (Å²) in [5.41, 5.74) is 22.0. The molecule has 0 radical (unpaired) electrons. The van der Waals surface area contributed by atoms with Gasteiger partial charge in [-0.1, -0.05) is 115 Å². The Morgan fingerprint density at radius 1 is 0.508 bits per heavy atom. The first-order chi connectivity index (χ1) is 30.1. The van der Waals surface area contributed by atoms with Crippen LogP contribution in [-0.2, 0) is 0 Å². The third-order valence-electron chi connectivity index (χ3n) is 11.4. The van der Waals surface area contributed by atoms with Crippen LogP contribution < -0.4 is 15.2 Å². The molecule has 3 heterocycles. The van der Waals surface area contributed by atoms with Gasteiger partial charge in [0.2, 0.25) is 0 Å². The van der Waals surface area contributed by atoms with Crippen molar-refractivity contribution in [2.75, 3.05) is 18.7 Å². The molecule has 0 fully saturated rings. The van der Waals surface area contributed by atoms with Crippen LogP contribution in [0.2, 0.25) is 0 Å². The van der Waals surface area contributed by atoms with E-state index in [9.17, 15) is 0 Å². The minimum atomic E-state index is 0.793. The van der Waals surface area contributed by atoms with Crippen LogP contribution in [-0.4, -0.2) is 28.4 Å². The van der Waals surface area contributed by atoms with Crippen molar-refractivity contribution in [3.8, 4) is 89.5 Å². The fraction of sp³-hybridized carbons (Fsp3) is 0.0545. The number of hydrogen-bond acceptors (Lipinski definition) is 5. The minimum absolute atomic E-state index is 0.793. The molecule has 0 amide bonds. The number of anilines is 1. The van der Waals surface area contributed by atoms with Crippen molar-refractivity contribution in [3.05, 3.63) is 212 Å². The summed E-state index contributed by atoms with van der Waals surface area (Å²) in [5, 5.41) is 6.50. The zero-order valence-electron chi connectivity index (χ0n) is 34.0. The van der Waals surface area contributed by atoms with Crippen molar-refractivity contribution >= 4 is 5.69 Å². The smallest absolute Gasteiger partial charge is 0.127 e. The molecule has 61 heavy (non-hydrogen) atoms. The molecule has 6 nitrogen and oxygen atoms in total. The van der Waals surface area contributed by atoms with Gasteiger partial charge in [0.1, 0.15) is 5.75 Å². The van der Waals surface area contributed by atoms with Gasteiger partial charge in [0.25, 0.3) is 0 Å². The average molecular weight is 790 g/mol. The highest BCUT2D eigenvalue weighted by Gasteiger charge is 2.18. The molecular formula is C55H43N5O. The molecule has 1 N–H and O–H groups in total. The van der Waals surface area contributed by atoms with E-state index in [0.29, 0.717) is 0 Å². The predicted molar refractivity (Wildman–Crippen MR) is 250 cm³/mol. The number of nitrogens with zero attached hydrogens (tertiary/aromatic N) is 4. The Morgan fingerprint density at radius 3 is 1.56 bits per heavy atom. The molecule has 1 aliphatic rings. The summed E-state index contributed by atoms with van der Waals surface area (Å²) in [4.78, 5) is 4.70. The van der Waals surface area contributed by atoms with Gasteiger partial charge in [0, 0.05) is 42.5 Å². The first-order valence-corrected chi connectivity index (χ1v) is 20.5. The largest absolute Gasteiger partial charge is 0.496 e. The van der Waals surface area contributed by atoms with E-state index in [1.54, 1.807) is 13.3 Å². The zero-order valence-corrected chi connectivity index (χ0v) is 34.0. The summed E-state index contributed by atoms with van der Waals surface area (Å²) >= 11 is 0. The van der Waals surface area contributed by atoms with E-state index < -0.39 is 0 Å². The highest BCUT2D eigenvalue weighted by molar-refractivity contribution is 5.95. The highest BCUT2D eigenvalue weighted by atomic mass is 16.5. The molecule has 0 atom stereocenters. The maximum Gasteiger partial charge on any atom is 0.127 e. The topological polar surface area (TPSA) is 55.2 Å². The normalized spacial score (nSPS) is 12.2. The number of pyridine rings is 1. The third kappa shape index (κ3) is 7.53. The molecule has 0 spiro atoms. The predicted octanol–water partition coefficient (Wildman–Crippen LogP) is 13.1. The van der Waals surface area contributed by atoms with E-state index in [0.717, 1.165) is 102 Å². The number of methoxy groups -OCH3 is 1. The van der Waals surface area contributed by atoms with E-state index in [-0.39, 0.29) is 0 Å². The number of hydrazine groups is 1. The monoisotopic (exact) mass is 789 g/mol. The summed E-state index contributed by atoms with van der Waals surface area (Å²) < 4.78 is 8.01. The zero-order chi connectivity index (χ0) is 41.1. The average Bonchev–Trinajstić information content (AvgIpc) is 4.09. The lowest BCUT2D eigenvalue weighted by Crippen LogP contribution is -2.27. The van der Waals surface area contributed by atoms with Gasteiger partial charge in [0.05, 0.1) is 24.2 Å². The summed E-state index contributed by atoms with van der Waals surface area (Å²) in [6, 6.07) is 63.0. The number of benzene rings is 7. The van der Waals surface area contributed by atoms with E-state index >= 15 is 0 Å². The fourth-order valence-corrected chi connectivity index (χ4v) is 8.30. The maximum atomic E-state index is 6.12. The molecule has 0 saturated carbocycles. The van der Waals surface area contributed by atoms with Crippen molar-refractivity contribution in [3.63, 3.8) is 0 Å². The first kappa shape index (κ1) is 37.5. The van der Waals surface area contributed by atoms with Gasteiger partial charge < -0.3 is 4.74 Å². The van der Waals surface area contributed by atoms with Gasteiger partial charge >= 0.3 is 0 Å². The Kier molecular flexibility index (Phi) is 10.1. The van der Waals surface area contributed by atoms with Crippen LogP contribution in [0.1, 0.15) is 5.56 Å². The highest BCUT2D eigenvalue weighted by Crippen LogP contribution is 2.44. The first-order valence-electron chi connectivity index (χ1n) is 20.5. The van der Waals surface area contributed by atoms with Crippen molar-refractivity contribution in [2.24, 2.45) is 0 Å². The molecule has 294 valence electrons. The van der Waals surface area contributed by atoms with Crippen LogP contribution in [0, 0.1) is 6.92 Å². The molecule has 0 aliphatic carbocycles. The Bertz CT molecular complexity index is 3010. The molecule has 6 heteroatoms. The summed E-state index contributed by atoms with van der Waals surface area (Å²) in [5.74, 6) is 0.793. The Hall–Kier alpha value is -7.80.